The molecule has 0 radical (unpaired) electrons. The van der Waals surface area contributed by atoms with E-state index in [4.69, 9.17) is 0 Å². The molecule has 0 aromatic heterocycles. The molecule has 7 heteroatoms. The van der Waals surface area contributed by atoms with Gasteiger partial charge in [-0.2, -0.15) is 0 Å². The lowest BCUT2D eigenvalue weighted by molar-refractivity contribution is -0.384. The van der Waals surface area contributed by atoms with E-state index in [1.165, 1.54) is 23.8 Å². The Hall–Kier alpha value is -2.93. The van der Waals surface area contributed by atoms with E-state index in [2.05, 4.69) is 22.3 Å². The number of non-ortho nitro benzene ring substituents is 1. The van der Waals surface area contributed by atoms with E-state index < -0.39 is 4.92 Å². The number of carbonyl (C=O) groups excluding carboxylic acids is 1. The van der Waals surface area contributed by atoms with Crippen molar-refractivity contribution >= 4 is 17.3 Å². The summed E-state index contributed by atoms with van der Waals surface area (Å²) in [5.74, 6) is -0.620. The van der Waals surface area contributed by atoms with Crippen molar-refractivity contribution in [2.75, 3.05) is 18.4 Å². The van der Waals surface area contributed by atoms with Gasteiger partial charge in [0.1, 0.15) is 5.75 Å². The molecule has 2 aromatic carbocycles. The number of nitro benzene ring substituents is 1. The molecule has 0 saturated carbocycles. The highest BCUT2D eigenvalue weighted by Crippen LogP contribution is 2.29. The fraction of sp³-hybridized carbons (Fsp3) is 0.316. The van der Waals surface area contributed by atoms with E-state index >= 15 is 0 Å². The van der Waals surface area contributed by atoms with E-state index in [-0.39, 0.29) is 28.9 Å². The largest absolute Gasteiger partial charge is 0.506 e. The zero-order valence-corrected chi connectivity index (χ0v) is 14.3. The Morgan fingerprint density at radius 3 is 2.77 bits per heavy atom. The van der Waals surface area contributed by atoms with Crippen molar-refractivity contribution < 1.29 is 14.8 Å². The molecule has 0 bridgehead atoms. The fourth-order valence-corrected chi connectivity index (χ4v) is 3.23. The van der Waals surface area contributed by atoms with Crippen LogP contribution < -0.4 is 5.32 Å². The Bertz CT molecular complexity index is 795. The number of nitrogens with one attached hydrogen (secondary N) is 1. The first-order valence-electron chi connectivity index (χ1n) is 8.57. The third-order valence-electron chi connectivity index (χ3n) is 4.57. The predicted molar refractivity (Wildman–Crippen MR) is 97.8 cm³/mol. The number of anilines is 1. The van der Waals surface area contributed by atoms with Gasteiger partial charge in [-0.3, -0.25) is 19.8 Å². The molecule has 1 atom stereocenters. The minimum Gasteiger partial charge on any atom is -0.506 e. The van der Waals surface area contributed by atoms with Crippen LogP contribution >= 0.6 is 0 Å². The molecule has 26 heavy (non-hydrogen) atoms. The Morgan fingerprint density at radius 2 is 2.04 bits per heavy atom. The van der Waals surface area contributed by atoms with Crippen molar-refractivity contribution in [3.8, 4) is 5.75 Å². The lowest BCUT2D eigenvalue weighted by Gasteiger charge is -2.32. The molecule has 1 saturated heterocycles. The van der Waals surface area contributed by atoms with Crippen LogP contribution in [0, 0.1) is 16.0 Å². The Morgan fingerprint density at radius 1 is 1.27 bits per heavy atom. The summed E-state index contributed by atoms with van der Waals surface area (Å²) in [5, 5.41) is 23.4. The quantitative estimate of drug-likeness (QED) is 0.488. The molecule has 1 aliphatic rings. The summed E-state index contributed by atoms with van der Waals surface area (Å²) in [7, 11) is 0. The number of likely N-dealkylation sites (tertiary alicyclic amines) is 1. The molecule has 1 aliphatic heterocycles. The molecule has 3 rings (SSSR count). The first-order chi connectivity index (χ1) is 12.5. The Kier molecular flexibility index (Phi) is 5.48. The van der Waals surface area contributed by atoms with E-state index in [9.17, 15) is 20.0 Å². The van der Waals surface area contributed by atoms with Gasteiger partial charge in [0.05, 0.1) is 16.5 Å². The highest BCUT2D eigenvalue weighted by atomic mass is 16.6. The number of aromatic hydroxyl groups is 1. The van der Waals surface area contributed by atoms with Crippen LogP contribution in [0.2, 0.25) is 0 Å². The van der Waals surface area contributed by atoms with Crippen LogP contribution in [-0.2, 0) is 11.3 Å². The molecule has 0 spiro atoms. The second-order valence-electron chi connectivity index (χ2n) is 6.51. The van der Waals surface area contributed by atoms with Crippen molar-refractivity contribution in [2.24, 2.45) is 5.92 Å². The van der Waals surface area contributed by atoms with Gasteiger partial charge in [0.25, 0.3) is 5.69 Å². The zero-order chi connectivity index (χ0) is 18.5. The summed E-state index contributed by atoms with van der Waals surface area (Å²) in [4.78, 5) is 25.1. The van der Waals surface area contributed by atoms with Gasteiger partial charge in [-0.05, 0) is 31.0 Å². The van der Waals surface area contributed by atoms with Crippen LogP contribution in [0.5, 0.6) is 5.75 Å². The van der Waals surface area contributed by atoms with Crippen LogP contribution in [0.15, 0.2) is 48.5 Å². The topological polar surface area (TPSA) is 95.7 Å². The second-order valence-corrected chi connectivity index (χ2v) is 6.51. The van der Waals surface area contributed by atoms with Crippen molar-refractivity contribution in [3.05, 3.63) is 64.2 Å². The van der Waals surface area contributed by atoms with Gasteiger partial charge in [-0.15, -0.1) is 0 Å². The molecule has 7 nitrogen and oxygen atoms in total. The smallest absolute Gasteiger partial charge is 0.271 e. The number of nitro groups is 1. The molecular formula is C19H21N3O4. The van der Waals surface area contributed by atoms with Gasteiger partial charge in [-0.1, -0.05) is 30.3 Å². The minimum absolute atomic E-state index is 0.0735. The number of amides is 1. The van der Waals surface area contributed by atoms with Gasteiger partial charge >= 0.3 is 0 Å². The normalized spacial score (nSPS) is 17.6. The van der Waals surface area contributed by atoms with Gasteiger partial charge in [0.15, 0.2) is 0 Å². The highest BCUT2D eigenvalue weighted by Gasteiger charge is 2.26. The number of piperidine rings is 1. The lowest BCUT2D eigenvalue weighted by Crippen LogP contribution is -2.40. The summed E-state index contributed by atoms with van der Waals surface area (Å²) in [5.41, 5.74) is 1.10. The number of benzene rings is 2. The Labute approximate surface area is 151 Å². The van der Waals surface area contributed by atoms with E-state index in [1.807, 2.05) is 18.2 Å². The number of nitrogens with zero attached hydrogens (tertiary/aromatic N) is 2. The van der Waals surface area contributed by atoms with Gasteiger partial charge < -0.3 is 10.4 Å². The highest BCUT2D eigenvalue weighted by molar-refractivity contribution is 5.94. The van der Waals surface area contributed by atoms with Crippen molar-refractivity contribution in [1.29, 1.82) is 0 Å². The third kappa shape index (κ3) is 4.37. The van der Waals surface area contributed by atoms with Crippen LogP contribution in [0.3, 0.4) is 0 Å². The fourth-order valence-electron chi connectivity index (χ4n) is 3.23. The summed E-state index contributed by atoms with van der Waals surface area (Å²) < 4.78 is 0. The van der Waals surface area contributed by atoms with Crippen molar-refractivity contribution in [3.63, 3.8) is 0 Å². The molecule has 1 heterocycles. The average Bonchev–Trinajstić information content (AvgIpc) is 2.64. The van der Waals surface area contributed by atoms with Crippen molar-refractivity contribution in [1.82, 2.24) is 4.90 Å². The van der Waals surface area contributed by atoms with Gasteiger partial charge in [0, 0.05) is 25.2 Å². The summed E-state index contributed by atoms with van der Waals surface area (Å²) in [6.45, 7) is 2.34. The van der Waals surface area contributed by atoms with E-state index in [0.29, 0.717) is 6.54 Å². The number of rotatable bonds is 5. The van der Waals surface area contributed by atoms with Crippen molar-refractivity contribution in [2.45, 2.75) is 19.4 Å². The molecule has 2 aromatic rings. The first kappa shape index (κ1) is 17.9. The number of hydrogen-bond donors (Lipinski definition) is 2. The van der Waals surface area contributed by atoms with Crippen LogP contribution in [0.25, 0.3) is 0 Å². The van der Waals surface area contributed by atoms with E-state index in [1.54, 1.807) is 0 Å². The molecule has 0 aliphatic carbocycles. The van der Waals surface area contributed by atoms with Crippen LogP contribution in [0.1, 0.15) is 18.4 Å². The number of phenolic OH excluding ortho intramolecular Hbond substituents is 1. The number of carbonyl (C=O) groups is 1. The molecule has 2 N–H and O–H groups in total. The van der Waals surface area contributed by atoms with Gasteiger partial charge in [-0.25, -0.2) is 0 Å². The summed E-state index contributed by atoms with van der Waals surface area (Å²) >= 11 is 0. The maximum atomic E-state index is 12.6. The zero-order valence-electron chi connectivity index (χ0n) is 14.3. The predicted octanol–water partition coefficient (Wildman–Crippen LogP) is 3.15. The van der Waals surface area contributed by atoms with E-state index in [0.717, 1.165) is 25.9 Å². The number of phenols is 1. The monoisotopic (exact) mass is 355 g/mol. The standard InChI is InChI=1S/C19H21N3O4/c23-18-9-8-16(22(25)26)11-17(18)20-19(24)15-7-4-10-21(13-15)12-14-5-2-1-3-6-14/h1-3,5-6,8-9,11,15,23H,4,7,10,12-13H2,(H,20,24). The SMILES string of the molecule is O=C(Nc1cc([N+](=O)[O-])ccc1O)C1CCCN(Cc2ccccc2)C1. The van der Waals surface area contributed by atoms with Crippen LogP contribution in [-0.4, -0.2) is 33.9 Å². The van der Waals surface area contributed by atoms with Crippen LogP contribution in [0.4, 0.5) is 11.4 Å². The molecular weight excluding hydrogens is 334 g/mol. The summed E-state index contributed by atoms with van der Waals surface area (Å²) in [6, 6.07) is 13.7. The molecule has 1 unspecified atom stereocenters. The molecule has 136 valence electrons. The third-order valence-corrected chi connectivity index (χ3v) is 4.57. The van der Waals surface area contributed by atoms with Gasteiger partial charge in [0.2, 0.25) is 5.91 Å². The average molecular weight is 355 g/mol. The first-order valence-corrected chi connectivity index (χ1v) is 8.57. The summed E-state index contributed by atoms with van der Waals surface area (Å²) in [6.07, 6.45) is 1.67. The maximum absolute atomic E-state index is 12.6. The second kappa shape index (κ2) is 7.97. The molecule has 1 fully saturated rings. The minimum atomic E-state index is -0.558. The lowest BCUT2D eigenvalue weighted by atomic mass is 9.96. The maximum Gasteiger partial charge on any atom is 0.271 e. The Balaban J connectivity index is 1.64. The number of hydrogen-bond acceptors (Lipinski definition) is 5. The molecule has 1 amide bonds.